The predicted molar refractivity (Wildman–Crippen MR) is 145 cm³/mol. The van der Waals surface area contributed by atoms with Crippen molar-refractivity contribution in [1.29, 1.82) is 0 Å². The number of carbonyl (C=O) groups excluding carboxylic acids is 3. The average Bonchev–Trinajstić information content (AvgIpc) is 3.06. The highest BCUT2D eigenvalue weighted by atomic mass is 16.6. The summed E-state index contributed by atoms with van der Waals surface area (Å²) < 4.78 is 8.67. The lowest BCUT2D eigenvalue weighted by Gasteiger charge is -2.61. The molecule has 1 aliphatic carbocycles. The second-order valence-corrected chi connectivity index (χ2v) is 13.1. The number of aromatic nitrogens is 2. The molecule has 0 radical (unpaired) electrons. The molecule has 1 unspecified atom stereocenters. The van der Waals surface area contributed by atoms with Gasteiger partial charge in [0.15, 0.2) is 0 Å². The highest BCUT2D eigenvalue weighted by molar-refractivity contribution is 6.00. The van der Waals surface area contributed by atoms with Crippen LogP contribution in [0.3, 0.4) is 0 Å². The molecule has 3 aliphatic heterocycles. The van der Waals surface area contributed by atoms with Gasteiger partial charge < -0.3 is 14.5 Å². The summed E-state index contributed by atoms with van der Waals surface area (Å²) in [6.07, 6.45) is 4.82. The lowest BCUT2D eigenvalue weighted by Crippen LogP contribution is -2.68. The zero-order valence-electron chi connectivity index (χ0n) is 23.4. The van der Waals surface area contributed by atoms with Crippen molar-refractivity contribution < 1.29 is 19.1 Å². The largest absolute Gasteiger partial charge is 0.444 e. The number of hydrogen-bond donors (Lipinski definition) is 1. The summed E-state index contributed by atoms with van der Waals surface area (Å²) in [4.78, 5) is 53.9. The van der Waals surface area contributed by atoms with Crippen molar-refractivity contribution >= 4 is 28.9 Å². The molecule has 1 aromatic heterocycles. The maximum absolute atomic E-state index is 13.1. The van der Waals surface area contributed by atoms with E-state index in [1.54, 1.807) is 16.2 Å². The minimum absolute atomic E-state index is 0.195. The molecule has 1 atom stereocenters. The van der Waals surface area contributed by atoms with Crippen LogP contribution in [0.2, 0.25) is 0 Å². The minimum Gasteiger partial charge on any atom is -0.444 e. The van der Waals surface area contributed by atoms with Crippen molar-refractivity contribution in [2.45, 2.75) is 82.9 Å². The van der Waals surface area contributed by atoms with Gasteiger partial charge in [-0.1, -0.05) is 6.07 Å². The molecular formula is C29H39N5O5. The smallest absolute Gasteiger partial charge is 0.410 e. The van der Waals surface area contributed by atoms with Crippen molar-refractivity contribution in [3.8, 4) is 0 Å². The maximum atomic E-state index is 13.1. The molecule has 1 N–H and O–H groups in total. The number of hydrogen-bond acceptors (Lipinski definition) is 6. The van der Waals surface area contributed by atoms with Crippen molar-refractivity contribution in [2.75, 3.05) is 26.2 Å². The van der Waals surface area contributed by atoms with Gasteiger partial charge in [-0.15, -0.1) is 0 Å². The van der Waals surface area contributed by atoms with E-state index >= 15 is 0 Å². The Morgan fingerprint density at radius 2 is 1.72 bits per heavy atom. The van der Waals surface area contributed by atoms with Crippen LogP contribution < -0.4 is 11.0 Å². The van der Waals surface area contributed by atoms with E-state index in [9.17, 15) is 19.2 Å². The van der Waals surface area contributed by atoms with Gasteiger partial charge in [-0.25, -0.2) is 9.59 Å². The first-order valence-corrected chi connectivity index (χ1v) is 14.2. The molecule has 1 spiro atoms. The number of nitrogens with one attached hydrogen (secondary N) is 1. The molecule has 1 aromatic carbocycles. The van der Waals surface area contributed by atoms with Crippen LogP contribution in [0.15, 0.2) is 23.0 Å². The Hall–Kier alpha value is -3.14. The van der Waals surface area contributed by atoms with E-state index in [0.29, 0.717) is 18.4 Å². The van der Waals surface area contributed by atoms with Crippen LogP contribution in [-0.4, -0.2) is 74.7 Å². The monoisotopic (exact) mass is 537 g/mol. The lowest BCUT2D eigenvalue weighted by atomic mass is 9.60. The topological polar surface area (TPSA) is 106 Å². The van der Waals surface area contributed by atoms with Gasteiger partial charge in [0.1, 0.15) is 11.6 Å². The number of piperidine rings is 2. The van der Waals surface area contributed by atoms with E-state index in [4.69, 9.17) is 4.74 Å². The summed E-state index contributed by atoms with van der Waals surface area (Å²) in [6, 6.07) is 6.10. The summed E-state index contributed by atoms with van der Waals surface area (Å²) in [5, 5.41) is 2.37. The molecule has 4 aliphatic rings. The van der Waals surface area contributed by atoms with Crippen LogP contribution in [-0.2, 0) is 21.4 Å². The van der Waals surface area contributed by atoms with Crippen LogP contribution in [0.25, 0.3) is 11.0 Å². The third kappa shape index (κ3) is 4.66. The Morgan fingerprint density at radius 3 is 2.36 bits per heavy atom. The van der Waals surface area contributed by atoms with Crippen LogP contribution in [0.1, 0.15) is 76.8 Å². The number of carbonyl (C=O) groups is 3. The van der Waals surface area contributed by atoms with Crippen molar-refractivity contribution in [3.05, 3.63) is 34.2 Å². The summed E-state index contributed by atoms with van der Waals surface area (Å²) in [5.74, 6) is -0.264. The van der Waals surface area contributed by atoms with Gasteiger partial charge in [0.2, 0.25) is 11.8 Å². The van der Waals surface area contributed by atoms with E-state index < -0.39 is 17.6 Å². The van der Waals surface area contributed by atoms with Crippen molar-refractivity contribution in [2.24, 2.45) is 12.5 Å². The van der Waals surface area contributed by atoms with Gasteiger partial charge >= 0.3 is 11.8 Å². The third-order valence-electron chi connectivity index (χ3n) is 9.19. The number of aryl methyl sites for hydroxylation is 1. The Kier molecular flexibility index (Phi) is 6.17. The number of imidazole rings is 1. The van der Waals surface area contributed by atoms with E-state index in [0.717, 1.165) is 62.9 Å². The molecule has 6 rings (SSSR count). The van der Waals surface area contributed by atoms with E-state index in [1.807, 2.05) is 31.7 Å². The molecule has 210 valence electrons. The highest BCUT2D eigenvalue weighted by Gasteiger charge is 2.55. The minimum atomic E-state index is -0.661. The fourth-order valence-electron chi connectivity index (χ4n) is 7.14. The van der Waals surface area contributed by atoms with Gasteiger partial charge in [-0.3, -0.25) is 24.0 Å². The number of fused-ring (bicyclic) bond motifs is 1. The summed E-state index contributed by atoms with van der Waals surface area (Å²) in [6.45, 7) is 9.43. The van der Waals surface area contributed by atoms with Crippen LogP contribution in [0, 0.1) is 5.41 Å². The van der Waals surface area contributed by atoms with Gasteiger partial charge in [-0.05, 0) is 89.6 Å². The SMILES string of the molecule is Cn1c(=O)n(C2CCC(=O)NC2=O)c2ccc(C3CCN(C4CC5(C4)CN(C(=O)OC(C)(C)C)C5)CC3)cc21. The fourth-order valence-corrected chi connectivity index (χ4v) is 7.14. The normalized spacial score (nSPS) is 24.5. The second-order valence-electron chi connectivity index (χ2n) is 13.1. The van der Waals surface area contributed by atoms with Crippen molar-refractivity contribution in [1.82, 2.24) is 24.3 Å². The summed E-state index contributed by atoms with van der Waals surface area (Å²) >= 11 is 0. The van der Waals surface area contributed by atoms with E-state index in [-0.39, 0.29) is 29.5 Å². The third-order valence-corrected chi connectivity index (χ3v) is 9.19. The zero-order valence-corrected chi connectivity index (χ0v) is 23.4. The number of amides is 3. The summed E-state index contributed by atoms with van der Waals surface area (Å²) in [5.41, 5.74) is 2.39. The number of rotatable bonds is 3. The molecule has 10 nitrogen and oxygen atoms in total. The Balaban J connectivity index is 1.06. The van der Waals surface area contributed by atoms with E-state index in [1.165, 1.54) is 5.56 Å². The molecule has 3 saturated heterocycles. The highest BCUT2D eigenvalue weighted by Crippen LogP contribution is 2.51. The second kappa shape index (κ2) is 9.21. The number of nitrogens with zero attached hydrogens (tertiary/aromatic N) is 4. The van der Waals surface area contributed by atoms with Gasteiger partial charge in [-0.2, -0.15) is 0 Å². The van der Waals surface area contributed by atoms with Gasteiger partial charge in [0.25, 0.3) is 0 Å². The average molecular weight is 538 g/mol. The van der Waals surface area contributed by atoms with E-state index in [2.05, 4.69) is 22.3 Å². The molecular weight excluding hydrogens is 498 g/mol. The Morgan fingerprint density at radius 1 is 1.03 bits per heavy atom. The van der Waals surface area contributed by atoms with Crippen LogP contribution in [0.4, 0.5) is 4.79 Å². The summed E-state index contributed by atoms with van der Waals surface area (Å²) in [7, 11) is 1.75. The standard InChI is InChI=1S/C29H39N5O5/c1-28(2,3)39-27(38)33-16-29(17-33)14-20(15-29)32-11-9-18(10-12-32)19-5-6-21-23(13-19)31(4)26(37)34(21)22-7-8-24(35)30-25(22)36/h5-6,13,18,20,22H,7-12,14-17H2,1-4H3,(H,30,35,36). The fraction of sp³-hybridized carbons (Fsp3) is 0.655. The van der Waals surface area contributed by atoms with Crippen molar-refractivity contribution in [3.63, 3.8) is 0 Å². The number of imide groups is 1. The quantitative estimate of drug-likeness (QED) is 0.604. The predicted octanol–water partition coefficient (Wildman–Crippen LogP) is 2.90. The first kappa shape index (κ1) is 26.1. The zero-order chi connectivity index (χ0) is 27.7. The molecule has 4 fully saturated rings. The Labute approximate surface area is 228 Å². The molecule has 3 amide bonds. The number of ether oxygens (including phenoxy) is 1. The molecule has 10 heteroatoms. The lowest BCUT2D eigenvalue weighted by molar-refractivity contribution is -0.135. The maximum Gasteiger partial charge on any atom is 0.410 e. The first-order valence-electron chi connectivity index (χ1n) is 14.2. The molecule has 4 heterocycles. The number of likely N-dealkylation sites (tertiary alicyclic amines) is 2. The van der Waals surface area contributed by atoms with Crippen LogP contribution in [0.5, 0.6) is 0 Å². The first-order chi connectivity index (χ1) is 18.4. The molecule has 39 heavy (non-hydrogen) atoms. The number of benzene rings is 1. The molecule has 1 saturated carbocycles. The molecule has 0 bridgehead atoms. The molecule has 2 aromatic rings. The van der Waals surface area contributed by atoms with Gasteiger partial charge in [0.05, 0.1) is 11.0 Å². The van der Waals surface area contributed by atoms with Gasteiger partial charge in [0, 0.05) is 38.0 Å². The van der Waals surface area contributed by atoms with Crippen LogP contribution >= 0.6 is 0 Å². The Bertz CT molecular complexity index is 1380.